The van der Waals surface area contributed by atoms with E-state index in [1.165, 1.54) is 11.1 Å². The molecule has 0 saturated heterocycles. The standard InChI is InChI=1S/C23H21NO3S/c1-28(26,27)24-19-7-4-5-16(13-19)14-23-21-8-3-2-6-17(21)9-10-18-11-12-20(25)15-22(18)23/h2-8,11-15,24-25H,9-10H2,1H3. The molecule has 28 heavy (non-hydrogen) atoms. The third kappa shape index (κ3) is 3.94. The number of benzene rings is 3. The van der Waals surface area contributed by atoms with E-state index in [2.05, 4.69) is 22.9 Å². The highest BCUT2D eigenvalue weighted by atomic mass is 32.2. The van der Waals surface area contributed by atoms with E-state index in [4.69, 9.17) is 0 Å². The molecule has 1 aliphatic carbocycles. The zero-order valence-corrected chi connectivity index (χ0v) is 16.3. The van der Waals surface area contributed by atoms with Gasteiger partial charge in [-0.1, -0.05) is 42.5 Å². The van der Waals surface area contributed by atoms with Crippen LogP contribution in [0.1, 0.15) is 27.8 Å². The molecule has 0 spiro atoms. The summed E-state index contributed by atoms with van der Waals surface area (Å²) in [5.41, 5.74) is 7.01. The summed E-state index contributed by atoms with van der Waals surface area (Å²) in [4.78, 5) is 0. The van der Waals surface area contributed by atoms with Crippen molar-refractivity contribution >= 4 is 27.4 Å². The summed E-state index contributed by atoms with van der Waals surface area (Å²) in [6.45, 7) is 0. The van der Waals surface area contributed by atoms with Gasteiger partial charge in [-0.15, -0.1) is 0 Å². The van der Waals surface area contributed by atoms with Crippen LogP contribution in [0.15, 0.2) is 66.7 Å². The lowest BCUT2D eigenvalue weighted by molar-refractivity contribution is 0.475. The number of hydrogen-bond acceptors (Lipinski definition) is 3. The lowest BCUT2D eigenvalue weighted by atomic mass is 9.92. The fraction of sp³-hybridized carbons (Fsp3) is 0.130. The van der Waals surface area contributed by atoms with Gasteiger partial charge in [-0.2, -0.15) is 0 Å². The first-order valence-corrected chi connectivity index (χ1v) is 11.0. The minimum atomic E-state index is -3.34. The van der Waals surface area contributed by atoms with Gasteiger partial charge in [0.05, 0.1) is 6.26 Å². The van der Waals surface area contributed by atoms with Crippen LogP contribution in [-0.2, 0) is 22.9 Å². The van der Waals surface area contributed by atoms with E-state index in [0.29, 0.717) is 5.69 Å². The second-order valence-corrected chi connectivity index (χ2v) is 8.80. The van der Waals surface area contributed by atoms with Crippen LogP contribution in [0.3, 0.4) is 0 Å². The number of sulfonamides is 1. The molecule has 2 N–H and O–H groups in total. The van der Waals surface area contributed by atoms with Crippen LogP contribution in [-0.4, -0.2) is 19.8 Å². The molecule has 4 nitrogen and oxygen atoms in total. The fourth-order valence-electron chi connectivity index (χ4n) is 3.68. The normalized spacial score (nSPS) is 14.8. The smallest absolute Gasteiger partial charge is 0.229 e. The molecule has 3 aromatic carbocycles. The molecule has 3 aromatic rings. The van der Waals surface area contributed by atoms with Gasteiger partial charge >= 0.3 is 0 Å². The third-order valence-electron chi connectivity index (χ3n) is 4.86. The predicted molar refractivity (Wildman–Crippen MR) is 114 cm³/mol. The van der Waals surface area contributed by atoms with Crippen molar-refractivity contribution in [3.8, 4) is 5.75 Å². The highest BCUT2D eigenvalue weighted by Crippen LogP contribution is 2.36. The van der Waals surface area contributed by atoms with Crippen LogP contribution < -0.4 is 4.72 Å². The molecule has 0 saturated carbocycles. The first-order valence-electron chi connectivity index (χ1n) is 9.09. The number of fused-ring (bicyclic) bond motifs is 2. The highest BCUT2D eigenvalue weighted by Gasteiger charge is 2.18. The van der Waals surface area contributed by atoms with Crippen molar-refractivity contribution in [3.05, 3.63) is 94.5 Å². The molecule has 0 unspecified atom stereocenters. The van der Waals surface area contributed by atoms with Gasteiger partial charge in [-0.05, 0) is 76.6 Å². The zero-order valence-electron chi connectivity index (χ0n) is 15.5. The van der Waals surface area contributed by atoms with Crippen LogP contribution in [0, 0.1) is 0 Å². The van der Waals surface area contributed by atoms with Crippen molar-refractivity contribution in [2.75, 3.05) is 11.0 Å². The SMILES string of the molecule is CS(=O)(=O)Nc1cccc(C=C2c3ccccc3CCc3ccc(O)cc32)c1. The second-order valence-electron chi connectivity index (χ2n) is 7.06. The third-order valence-corrected chi connectivity index (χ3v) is 5.46. The summed E-state index contributed by atoms with van der Waals surface area (Å²) in [5.74, 6) is 0.233. The lowest BCUT2D eigenvalue weighted by Crippen LogP contribution is -2.09. The predicted octanol–water partition coefficient (Wildman–Crippen LogP) is 4.45. The molecule has 4 rings (SSSR count). The average Bonchev–Trinajstić information content (AvgIpc) is 2.78. The minimum absolute atomic E-state index is 0.233. The van der Waals surface area contributed by atoms with E-state index in [1.54, 1.807) is 12.1 Å². The molecule has 0 amide bonds. The summed E-state index contributed by atoms with van der Waals surface area (Å²) < 4.78 is 25.6. The topological polar surface area (TPSA) is 66.4 Å². The Balaban J connectivity index is 1.89. The fourth-order valence-corrected chi connectivity index (χ4v) is 4.23. The maximum absolute atomic E-state index is 11.6. The van der Waals surface area contributed by atoms with Crippen molar-refractivity contribution in [1.29, 1.82) is 0 Å². The zero-order chi connectivity index (χ0) is 19.7. The molecule has 0 aliphatic heterocycles. The summed E-state index contributed by atoms with van der Waals surface area (Å²) in [5, 5.41) is 10.1. The number of rotatable bonds is 3. The van der Waals surface area contributed by atoms with Crippen molar-refractivity contribution in [3.63, 3.8) is 0 Å². The van der Waals surface area contributed by atoms with Crippen LogP contribution in [0.4, 0.5) is 5.69 Å². The van der Waals surface area contributed by atoms with Gasteiger partial charge in [0.1, 0.15) is 5.75 Å². The van der Waals surface area contributed by atoms with Gasteiger partial charge in [-0.3, -0.25) is 4.72 Å². The van der Waals surface area contributed by atoms with Crippen molar-refractivity contribution in [1.82, 2.24) is 0 Å². The summed E-state index contributed by atoms with van der Waals surface area (Å²) in [7, 11) is -3.34. The molecule has 0 aromatic heterocycles. The molecule has 142 valence electrons. The van der Waals surface area contributed by atoms with Gasteiger partial charge in [0.2, 0.25) is 10.0 Å². The first kappa shape index (κ1) is 18.3. The quantitative estimate of drug-likeness (QED) is 0.693. The van der Waals surface area contributed by atoms with E-state index in [0.717, 1.165) is 41.4 Å². The summed E-state index contributed by atoms with van der Waals surface area (Å²) in [6, 6.07) is 21.1. The van der Waals surface area contributed by atoms with Crippen LogP contribution >= 0.6 is 0 Å². The maximum atomic E-state index is 11.6. The van der Waals surface area contributed by atoms with Gasteiger partial charge < -0.3 is 5.11 Å². The largest absolute Gasteiger partial charge is 0.508 e. The summed E-state index contributed by atoms with van der Waals surface area (Å²) in [6.07, 6.45) is 5.02. The number of nitrogens with one attached hydrogen (secondary N) is 1. The van der Waals surface area contributed by atoms with Gasteiger partial charge in [-0.25, -0.2) is 8.42 Å². The Hall–Kier alpha value is -3.05. The maximum Gasteiger partial charge on any atom is 0.229 e. The van der Waals surface area contributed by atoms with Crippen molar-refractivity contribution in [2.24, 2.45) is 0 Å². The molecule has 0 atom stereocenters. The molecule has 0 bridgehead atoms. The molecular formula is C23H21NO3S. The van der Waals surface area contributed by atoms with E-state index in [1.807, 2.05) is 42.5 Å². The summed E-state index contributed by atoms with van der Waals surface area (Å²) >= 11 is 0. The number of hydrogen-bond donors (Lipinski definition) is 2. The molecule has 0 fully saturated rings. The minimum Gasteiger partial charge on any atom is -0.508 e. The van der Waals surface area contributed by atoms with E-state index >= 15 is 0 Å². The number of aryl methyl sites for hydroxylation is 2. The highest BCUT2D eigenvalue weighted by molar-refractivity contribution is 7.92. The van der Waals surface area contributed by atoms with E-state index in [-0.39, 0.29) is 5.75 Å². The Morgan fingerprint density at radius 2 is 1.64 bits per heavy atom. The molecule has 0 radical (unpaired) electrons. The van der Waals surface area contributed by atoms with E-state index in [9.17, 15) is 13.5 Å². The van der Waals surface area contributed by atoms with Gasteiger partial charge in [0.25, 0.3) is 0 Å². The number of phenolic OH excluding ortho intramolecular Hbond substituents is 1. The second kappa shape index (κ2) is 7.17. The van der Waals surface area contributed by atoms with Gasteiger partial charge in [0, 0.05) is 5.69 Å². The van der Waals surface area contributed by atoms with Crippen LogP contribution in [0.25, 0.3) is 11.6 Å². The number of aromatic hydroxyl groups is 1. The Labute approximate surface area is 165 Å². The molecule has 0 heterocycles. The molecular weight excluding hydrogens is 370 g/mol. The Morgan fingerprint density at radius 3 is 2.43 bits per heavy atom. The lowest BCUT2D eigenvalue weighted by Gasteiger charge is -2.13. The number of phenols is 1. The molecule has 5 heteroatoms. The van der Waals surface area contributed by atoms with E-state index < -0.39 is 10.0 Å². The Bertz CT molecular complexity index is 1180. The van der Waals surface area contributed by atoms with Crippen molar-refractivity contribution < 1.29 is 13.5 Å². The van der Waals surface area contributed by atoms with Crippen LogP contribution in [0.5, 0.6) is 5.75 Å². The van der Waals surface area contributed by atoms with Gasteiger partial charge in [0.15, 0.2) is 0 Å². The molecule has 1 aliphatic rings. The first-order chi connectivity index (χ1) is 13.4. The number of anilines is 1. The van der Waals surface area contributed by atoms with Crippen LogP contribution in [0.2, 0.25) is 0 Å². The Morgan fingerprint density at radius 1 is 0.893 bits per heavy atom. The Kier molecular flexibility index (Phi) is 4.69. The monoisotopic (exact) mass is 391 g/mol. The average molecular weight is 391 g/mol. The van der Waals surface area contributed by atoms with Crippen molar-refractivity contribution in [2.45, 2.75) is 12.8 Å².